The summed E-state index contributed by atoms with van der Waals surface area (Å²) in [4.78, 5) is 2.58. The molecule has 2 N–H and O–H groups in total. The zero-order chi connectivity index (χ0) is 12.9. The summed E-state index contributed by atoms with van der Waals surface area (Å²) in [5.74, 6) is 0. The fourth-order valence-corrected chi connectivity index (χ4v) is 3.10. The zero-order valence-electron chi connectivity index (χ0n) is 12.1. The van der Waals surface area contributed by atoms with E-state index in [1.165, 1.54) is 19.4 Å². The first-order valence-electron chi connectivity index (χ1n) is 7.09. The Morgan fingerprint density at radius 2 is 2.00 bits per heavy atom. The van der Waals surface area contributed by atoms with Crippen molar-refractivity contribution in [3.63, 3.8) is 0 Å². The highest BCUT2D eigenvalue weighted by Gasteiger charge is 2.43. The summed E-state index contributed by atoms with van der Waals surface area (Å²) in [6, 6.07) is 0. The van der Waals surface area contributed by atoms with Crippen LogP contribution < -0.4 is 5.73 Å². The number of likely N-dealkylation sites (N-methyl/N-ethyl adjacent to an activating group) is 1. The van der Waals surface area contributed by atoms with Crippen molar-refractivity contribution >= 4 is 0 Å². The van der Waals surface area contributed by atoms with Crippen LogP contribution in [0.3, 0.4) is 0 Å². The lowest BCUT2D eigenvalue weighted by Crippen LogP contribution is -2.60. The third-order valence-corrected chi connectivity index (χ3v) is 4.03. The van der Waals surface area contributed by atoms with Gasteiger partial charge in [-0.15, -0.1) is 0 Å². The molecule has 0 bridgehead atoms. The first-order chi connectivity index (χ1) is 7.99. The Morgan fingerprint density at radius 1 is 1.29 bits per heavy atom. The van der Waals surface area contributed by atoms with E-state index >= 15 is 0 Å². The van der Waals surface area contributed by atoms with Crippen LogP contribution in [0.2, 0.25) is 0 Å². The fraction of sp³-hybridized carbons (Fsp3) is 1.00. The van der Waals surface area contributed by atoms with Gasteiger partial charge in [-0.2, -0.15) is 0 Å². The van der Waals surface area contributed by atoms with E-state index in [1.807, 2.05) is 0 Å². The molecule has 0 aliphatic carbocycles. The number of rotatable bonds is 6. The van der Waals surface area contributed by atoms with Gasteiger partial charge in [0.25, 0.3) is 0 Å². The van der Waals surface area contributed by atoms with Gasteiger partial charge in [0.2, 0.25) is 0 Å². The van der Waals surface area contributed by atoms with E-state index in [2.05, 4.69) is 32.6 Å². The van der Waals surface area contributed by atoms with Gasteiger partial charge >= 0.3 is 0 Å². The number of nitrogens with zero attached hydrogens (tertiary/aromatic N) is 1. The number of nitrogens with two attached hydrogens (primary N) is 1. The minimum Gasteiger partial charge on any atom is -0.375 e. The molecular formula is C14H30N2O. The molecule has 0 aromatic carbocycles. The molecule has 0 amide bonds. The minimum absolute atomic E-state index is 0.0305. The van der Waals surface area contributed by atoms with E-state index in [0.717, 1.165) is 32.5 Å². The Morgan fingerprint density at radius 3 is 2.47 bits per heavy atom. The standard InChI is InChI=1S/C14H30N2O/c1-5-7-9-16(6-2)14(12-15)8-10-17-13(3,4)11-14/h5-12,15H2,1-4H3. The molecule has 0 aromatic rings. The third kappa shape index (κ3) is 3.67. The maximum Gasteiger partial charge on any atom is 0.0644 e. The van der Waals surface area contributed by atoms with E-state index in [4.69, 9.17) is 10.5 Å². The van der Waals surface area contributed by atoms with Crippen LogP contribution in [-0.2, 0) is 4.74 Å². The predicted molar refractivity (Wildman–Crippen MR) is 73.2 cm³/mol. The maximum absolute atomic E-state index is 6.11. The van der Waals surface area contributed by atoms with Crippen LogP contribution in [0.1, 0.15) is 53.4 Å². The van der Waals surface area contributed by atoms with Gasteiger partial charge in [0, 0.05) is 18.7 Å². The van der Waals surface area contributed by atoms with Crippen LogP contribution in [0.25, 0.3) is 0 Å². The lowest BCUT2D eigenvalue weighted by molar-refractivity contribution is -0.117. The number of unbranched alkanes of at least 4 members (excludes halogenated alkanes) is 1. The van der Waals surface area contributed by atoms with Gasteiger partial charge in [-0.25, -0.2) is 0 Å². The molecule has 0 radical (unpaired) electrons. The highest BCUT2D eigenvalue weighted by Crippen LogP contribution is 2.35. The molecule has 102 valence electrons. The van der Waals surface area contributed by atoms with Crippen LogP contribution in [0.15, 0.2) is 0 Å². The molecule has 1 aliphatic rings. The molecule has 1 rings (SSSR count). The smallest absolute Gasteiger partial charge is 0.0644 e. The van der Waals surface area contributed by atoms with E-state index in [0.29, 0.717) is 0 Å². The average Bonchev–Trinajstić information content (AvgIpc) is 2.28. The van der Waals surface area contributed by atoms with Crippen molar-refractivity contribution in [2.24, 2.45) is 5.73 Å². The first-order valence-corrected chi connectivity index (χ1v) is 7.09. The molecule has 0 aromatic heterocycles. The highest BCUT2D eigenvalue weighted by molar-refractivity contribution is 4.99. The zero-order valence-corrected chi connectivity index (χ0v) is 12.1. The molecule has 0 spiro atoms. The SMILES string of the molecule is CCCCN(CC)C1(CN)CCOC(C)(C)C1. The monoisotopic (exact) mass is 242 g/mol. The first kappa shape index (κ1) is 14.9. The quantitative estimate of drug-likeness (QED) is 0.777. The van der Waals surface area contributed by atoms with Gasteiger partial charge < -0.3 is 10.5 Å². The van der Waals surface area contributed by atoms with Crippen LogP contribution in [0, 0.1) is 0 Å². The van der Waals surface area contributed by atoms with Crippen molar-refractivity contribution in [1.29, 1.82) is 0 Å². The number of hydrogen-bond acceptors (Lipinski definition) is 3. The molecule has 1 unspecified atom stereocenters. The van der Waals surface area contributed by atoms with Crippen molar-refractivity contribution in [2.45, 2.75) is 64.5 Å². The largest absolute Gasteiger partial charge is 0.375 e. The van der Waals surface area contributed by atoms with E-state index in [-0.39, 0.29) is 11.1 Å². The Balaban J connectivity index is 2.77. The second-order valence-corrected chi connectivity index (χ2v) is 5.90. The molecule has 3 nitrogen and oxygen atoms in total. The number of hydrogen-bond donors (Lipinski definition) is 1. The van der Waals surface area contributed by atoms with Gasteiger partial charge in [0.15, 0.2) is 0 Å². The second-order valence-electron chi connectivity index (χ2n) is 5.90. The summed E-state index contributed by atoms with van der Waals surface area (Å²) in [5, 5.41) is 0. The molecule has 1 heterocycles. The Labute approximate surface area is 107 Å². The van der Waals surface area contributed by atoms with Gasteiger partial charge in [0.05, 0.1) is 5.60 Å². The summed E-state index contributed by atoms with van der Waals surface area (Å²) in [6.45, 7) is 12.7. The third-order valence-electron chi connectivity index (χ3n) is 4.03. The van der Waals surface area contributed by atoms with Crippen LogP contribution in [0.4, 0.5) is 0 Å². The van der Waals surface area contributed by atoms with Gasteiger partial charge in [0.1, 0.15) is 0 Å². The summed E-state index contributed by atoms with van der Waals surface area (Å²) >= 11 is 0. The molecule has 1 fully saturated rings. The van der Waals surface area contributed by atoms with Crippen molar-refractivity contribution in [2.75, 3.05) is 26.2 Å². The van der Waals surface area contributed by atoms with Gasteiger partial charge in [-0.05, 0) is 46.2 Å². The van der Waals surface area contributed by atoms with Crippen molar-refractivity contribution in [3.05, 3.63) is 0 Å². The van der Waals surface area contributed by atoms with Crippen LogP contribution in [0.5, 0.6) is 0 Å². The lowest BCUT2D eigenvalue weighted by atomic mass is 9.79. The Bertz CT molecular complexity index is 230. The van der Waals surface area contributed by atoms with Crippen LogP contribution >= 0.6 is 0 Å². The summed E-state index contributed by atoms with van der Waals surface area (Å²) in [5.41, 5.74) is 6.24. The molecule has 1 saturated heterocycles. The van der Waals surface area contributed by atoms with Crippen LogP contribution in [-0.4, -0.2) is 42.3 Å². The Hall–Kier alpha value is -0.120. The molecule has 3 heteroatoms. The predicted octanol–water partition coefficient (Wildman–Crippen LogP) is 2.39. The highest BCUT2D eigenvalue weighted by atomic mass is 16.5. The molecular weight excluding hydrogens is 212 g/mol. The normalized spacial score (nSPS) is 28.6. The maximum atomic E-state index is 6.11. The molecule has 0 saturated carbocycles. The van der Waals surface area contributed by atoms with E-state index in [9.17, 15) is 0 Å². The van der Waals surface area contributed by atoms with E-state index < -0.39 is 0 Å². The summed E-state index contributed by atoms with van der Waals surface area (Å²) in [6.07, 6.45) is 4.63. The molecule has 1 aliphatic heterocycles. The number of ether oxygens (including phenoxy) is 1. The van der Waals surface area contributed by atoms with Gasteiger partial charge in [-0.1, -0.05) is 20.3 Å². The molecule has 17 heavy (non-hydrogen) atoms. The average molecular weight is 242 g/mol. The van der Waals surface area contributed by atoms with Crippen molar-refractivity contribution in [1.82, 2.24) is 4.90 Å². The van der Waals surface area contributed by atoms with Crippen molar-refractivity contribution < 1.29 is 4.74 Å². The summed E-state index contributed by atoms with van der Waals surface area (Å²) in [7, 11) is 0. The van der Waals surface area contributed by atoms with Gasteiger partial charge in [-0.3, -0.25) is 4.90 Å². The van der Waals surface area contributed by atoms with E-state index in [1.54, 1.807) is 0 Å². The minimum atomic E-state index is -0.0305. The Kier molecular flexibility index (Phi) is 5.42. The van der Waals surface area contributed by atoms with Crippen molar-refractivity contribution in [3.8, 4) is 0 Å². The lowest BCUT2D eigenvalue weighted by Gasteiger charge is -2.50. The topological polar surface area (TPSA) is 38.5 Å². The summed E-state index contributed by atoms with van der Waals surface area (Å²) < 4.78 is 5.84. The second kappa shape index (κ2) is 6.17. The molecule has 1 atom stereocenters. The fourth-order valence-electron chi connectivity index (χ4n) is 3.10.